The topological polar surface area (TPSA) is 82.3 Å². The number of carbonyl (C=O) groups is 2. The van der Waals surface area contributed by atoms with Crippen molar-refractivity contribution in [3.63, 3.8) is 0 Å². The highest BCUT2D eigenvalue weighted by Gasteiger charge is 2.14. The summed E-state index contributed by atoms with van der Waals surface area (Å²) in [6.07, 6.45) is 2.49. The summed E-state index contributed by atoms with van der Waals surface area (Å²) >= 11 is 3.34. The fourth-order valence-electron chi connectivity index (χ4n) is 2.46. The van der Waals surface area contributed by atoms with Gasteiger partial charge < -0.3 is 21.3 Å². The lowest BCUT2D eigenvalue weighted by Crippen LogP contribution is -2.34. The van der Waals surface area contributed by atoms with E-state index in [9.17, 15) is 9.59 Å². The maximum Gasteiger partial charge on any atom is 0.319 e. The molecule has 0 radical (unpaired) electrons. The first kappa shape index (κ1) is 17.7. The van der Waals surface area contributed by atoms with Gasteiger partial charge in [-0.1, -0.05) is 15.9 Å². The van der Waals surface area contributed by atoms with Crippen LogP contribution in [0.1, 0.15) is 19.3 Å². The predicted molar refractivity (Wildman–Crippen MR) is 94.4 cm³/mol. The molecule has 1 saturated heterocycles. The fraction of sp³-hybridized carbons (Fsp3) is 0.500. The second kappa shape index (κ2) is 9.52. The predicted octanol–water partition coefficient (Wildman–Crippen LogP) is 2.08. The van der Waals surface area contributed by atoms with Gasteiger partial charge in [-0.05, 0) is 56.1 Å². The van der Waals surface area contributed by atoms with Crippen LogP contribution in [-0.4, -0.2) is 38.1 Å². The molecule has 1 aromatic carbocycles. The van der Waals surface area contributed by atoms with Crippen LogP contribution < -0.4 is 21.3 Å². The molecule has 0 aliphatic carbocycles. The van der Waals surface area contributed by atoms with Crippen LogP contribution in [0.25, 0.3) is 0 Å². The molecule has 0 spiro atoms. The van der Waals surface area contributed by atoms with E-state index in [1.165, 1.54) is 6.42 Å². The number of hydrogen-bond acceptors (Lipinski definition) is 3. The molecule has 1 heterocycles. The van der Waals surface area contributed by atoms with Gasteiger partial charge >= 0.3 is 6.03 Å². The van der Waals surface area contributed by atoms with Crippen molar-refractivity contribution in [1.82, 2.24) is 16.0 Å². The molecule has 2 rings (SSSR count). The van der Waals surface area contributed by atoms with Crippen LogP contribution in [-0.2, 0) is 4.79 Å². The van der Waals surface area contributed by atoms with Gasteiger partial charge in [-0.2, -0.15) is 0 Å². The van der Waals surface area contributed by atoms with Crippen LogP contribution in [0.3, 0.4) is 0 Å². The molecule has 7 heteroatoms. The summed E-state index contributed by atoms with van der Waals surface area (Å²) in [5.41, 5.74) is 0.709. The van der Waals surface area contributed by atoms with E-state index >= 15 is 0 Å². The number of amides is 3. The quantitative estimate of drug-likeness (QED) is 0.582. The van der Waals surface area contributed by atoms with E-state index < -0.39 is 0 Å². The minimum atomic E-state index is -0.308. The van der Waals surface area contributed by atoms with E-state index in [-0.39, 0.29) is 18.4 Å². The second-order valence-corrected chi connectivity index (χ2v) is 6.55. The lowest BCUT2D eigenvalue weighted by atomic mass is 10.1. The van der Waals surface area contributed by atoms with E-state index in [1.54, 1.807) is 12.1 Å². The van der Waals surface area contributed by atoms with Crippen LogP contribution >= 0.6 is 15.9 Å². The minimum absolute atomic E-state index is 0.0279. The van der Waals surface area contributed by atoms with Crippen LogP contribution in [0.5, 0.6) is 0 Å². The highest BCUT2D eigenvalue weighted by Crippen LogP contribution is 2.13. The van der Waals surface area contributed by atoms with E-state index in [0.717, 1.165) is 24.0 Å². The van der Waals surface area contributed by atoms with Crippen LogP contribution in [0.2, 0.25) is 0 Å². The van der Waals surface area contributed by atoms with Crippen molar-refractivity contribution in [2.24, 2.45) is 5.92 Å². The molecule has 4 N–H and O–H groups in total. The molecule has 1 unspecified atom stereocenters. The monoisotopic (exact) mass is 382 g/mol. The summed E-state index contributed by atoms with van der Waals surface area (Å²) in [5.74, 6) is 0.644. The van der Waals surface area contributed by atoms with Crippen molar-refractivity contribution in [1.29, 1.82) is 0 Å². The molecule has 6 nitrogen and oxygen atoms in total. The standard InChI is InChI=1S/C16H23BrN4O2/c17-13-1-3-14(4-2-13)21-16(23)20-10-7-15(22)19-9-6-12-5-8-18-11-12/h1-4,12,18H,5-11H2,(H,19,22)(H2,20,21,23). The van der Waals surface area contributed by atoms with Crippen LogP contribution in [0.4, 0.5) is 10.5 Å². The van der Waals surface area contributed by atoms with Crippen molar-refractivity contribution in [3.8, 4) is 0 Å². The van der Waals surface area contributed by atoms with E-state index in [1.807, 2.05) is 12.1 Å². The SMILES string of the molecule is O=C(CCNC(=O)Nc1ccc(Br)cc1)NCCC1CCNC1. The Bertz CT molecular complexity index is 515. The summed E-state index contributed by atoms with van der Waals surface area (Å²) in [6.45, 7) is 3.15. The summed E-state index contributed by atoms with van der Waals surface area (Å²) in [7, 11) is 0. The van der Waals surface area contributed by atoms with Gasteiger partial charge in [-0.3, -0.25) is 4.79 Å². The molecule has 1 fully saturated rings. The van der Waals surface area contributed by atoms with Gasteiger partial charge in [-0.15, -0.1) is 0 Å². The van der Waals surface area contributed by atoms with Crippen LogP contribution in [0, 0.1) is 5.92 Å². The first-order valence-electron chi connectivity index (χ1n) is 7.91. The number of carbonyl (C=O) groups excluding carboxylic acids is 2. The maximum atomic E-state index is 11.7. The average Bonchev–Trinajstić information content (AvgIpc) is 3.03. The highest BCUT2D eigenvalue weighted by atomic mass is 79.9. The Hall–Kier alpha value is -1.60. The minimum Gasteiger partial charge on any atom is -0.356 e. The van der Waals surface area contributed by atoms with Crippen LogP contribution in [0.15, 0.2) is 28.7 Å². The van der Waals surface area contributed by atoms with Gasteiger partial charge in [0.2, 0.25) is 5.91 Å². The van der Waals surface area contributed by atoms with Crippen molar-refractivity contribution in [2.75, 3.05) is 31.5 Å². The Morgan fingerprint density at radius 1 is 1.17 bits per heavy atom. The second-order valence-electron chi connectivity index (χ2n) is 5.64. The zero-order valence-corrected chi connectivity index (χ0v) is 14.6. The van der Waals surface area contributed by atoms with Gasteiger partial charge in [-0.25, -0.2) is 4.79 Å². The Kier molecular flexibility index (Phi) is 7.35. The largest absolute Gasteiger partial charge is 0.356 e. The van der Waals surface area contributed by atoms with E-state index in [0.29, 0.717) is 24.7 Å². The first-order valence-corrected chi connectivity index (χ1v) is 8.70. The third-order valence-electron chi connectivity index (χ3n) is 3.78. The number of nitrogens with one attached hydrogen (secondary N) is 4. The van der Waals surface area contributed by atoms with E-state index in [4.69, 9.17) is 0 Å². The van der Waals surface area contributed by atoms with Crippen molar-refractivity contribution in [2.45, 2.75) is 19.3 Å². The molecule has 1 atom stereocenters. The normalized spacial score (nSPS) is 16.8. The van der Waals surface area contributed by atoms with Gasteiger partial charge in [0.15, 0.2) is 0 Å². The third-order valence-corrected chi connectivity index (χ3v) is 4.31. The molecule has 0 bridgehead atoms. The molecule has 23 heavy (non-hydrogen) atoms. The fourth-order valence-corrected chi connectivity index (χ4v) is 2.73. The molecule has 1 aromatic rings. The number of rotatable bonds is 7. The molecule has 1 aliphatic heterocycles. The van der Waals surface area contributed by atoms with Crippen molar-refractivity contribution in [3.05, 3.63) is 28.7 Å². The smallest absolute Gasteiger partial charge is 0.319 e. The van der Waals surface area contributed by atoms with Gasteiger partial charge in [0, 0.05) is 29.7 Å². The molecule has 126 valence electrons. The summed E-state index contributed by atoms with van der Waals surface area (Å²) in [6, 6.07) is 6.99. The number of anilines is 1. The lowest BCUT2D eigenvalue weighted by molar-refractivity contribution is -0.120. The Morgan fingerprint density at radius 3 is 2.65 bits per heavy atom. The summed E-state index contributed by atoms with van der Waals surface area (Å²) in [5, 5.41) is 11.6. The number of hydrogen-bond donors (Lipinski definition) is 4. The Labute approximate surface area is 144 Å². The Balaban J connectivity index is 1.53. The molecule has 0 saturated carbocycles. The number of urea groups is 1. The molecular formula is C16H23BrN4O2. The van der Waals surface area contributed by atoms with E-state index in [2.05, 4.69) is 37.2 Å². The molecule has 0 aromatic heterocycles. The van der Waals surface area contributed by atoms with Gasteiger partial charge in [0.25, 0.3) is 0 Å². The van der Waals surface area contributed by atoms with Crippen molar-refractivity contribution < 1.29 is 9.59 Å². The zero-order valence-electron chi connectivity index (χ0n) is 13.0. The molecule has 1 aliphatic rings. The van der Waals surface area contributed by atoms with Crippen molar-refractivity contribution >= 4 is 33.6 Å². The first-order chi connectivity index (χ1) is 11.1. The molecular weight excluding hydrogens is 360 g/mol. The molecule has 3 amide bonds. The maximum absolute atomic E-state index is 11.7. The summed E-state index contributed by atoms with van der Waals surface area (Å²) < 4.78 is 0.952. The number of benzene rings is 1. The lowest BCUT2D eigenvalue weighted by Gasteiger charge is -2.10. The Morgan fingerprint density at radius 2 is 1.96 bits per heavy atom. The average molecular weight is 383 g/mol. The highest BCUT2D eigenvalue weighted by molar-refractivity contribution is 9.10. The zero-order chi connectivity index (χ0) is 16.5. The number of halogens is 1. The summed E-state index contributed by atoms with van der Waals surface area (Å²) in [4.78, 5) is 23.4. The third kappa shape index (κ3) is 7.00. The van der Waals surface area contributed by atoms with Gasteiger partial charge in [0.1, 0.15) is 0 Å². The van der Waals surface area contributed by atoms with Gasteiger partial charge in [0.05, 0.1) is 0 Å².